The second-order valence-corrected chi connectivity index (χ2v) is 4.68. The lowest BCUT2D eigenvalue weighted by Gasteiger charge is -2.27. The van der Waals surface area contributed by atoms with E-state index in [1.54, 1.807) is 0 Å². The van der Waals surface area contributed by atoms with Crippen LogP contribution in [0.1, 0.15) is 24.2 Å². The Morgan fingerprint density at radius 2 is 2.00 bits per heavy atom. The zero-order valence-electron chi connectivity index (χ0n) is 10.9. The SMILES string of the molecule is NC(CN1CCOCC1)c1noc(CCC(F)(F)F)n1. The molecule has 0 saturated carbocycles. The summed E-state index contributed by atoms with van der Waals surface area (Å²) in [6.45, 7) is 3.37. The largest absolute Gasteiger partial charge is 0.389 e. The average molecular weight is 294 g/mol. The van der Waals surface area contributed by atoms with Gasteiger partial charge in [0.15, 0.2) is 5.82 Å². The van der Waals surface area contributed by atoms with Crippen LogP contribution in [0.2, 0.25) is 0 Å². The summed E-state index contributed by atoms with van der Waals surface area (Å²) < 4.78 is 46.3. The molecule has 9 heteroatoms. The van der Waals surface area contributed by atoms with Crippen molar-refractivity contribution >= 4 is 0 Å². The fourth-order valence-electron chi connectivity index (χ4n) is 1.91. The van der Waals surface area contributed by atoms with E-state index in [9.17, 15) is 13.2 Å². The van der Waals surface area contributed by atoms with Crippen molar-refractivity contribution in [3.63, 3.8) is 0 Å². The molecule has 2 N–H and O–H groups in total. The molecule has 0 radical (unpaired) electrons. The molecule has 1 fully saturated rings. The minimum absolute atomic E-state index is 0.0326. The van der Waals surface area contributed by atoms with Gasteiger partial charge in [0.2, 0.25) is 5.89 Å². The number of aromatic nitrogens is 2. The van der Waals surface area contributed by atoms with Gasteiger partial charge in [0, 0.05) is 26.1 Å². The highest BCUT2D eigenvalue weighted by molar-refractivity contribution is 4.94. The number of ether oxygens (including phenoxy) is 1. The van der Waals surface area contributed by atoms with Gasteiger partial charge in [-0.2, -0.15) is 18.2 Å². The van der Waals surface area contributed by atoms with Crippen molar-refractivity contribution in [1.29, 1.82) is 0 Å². The Morgan fingerprint density at radius 1 is 1.30 bits per heavy atom. The monoisotopic (exact) mass is 294 g/mol. The lowest BCUT2D eigenvalue weighted by atomic mass is 10.2. The van der Waals surface area contributed by atoms with E-state index in [1.165, 1.54) is 0 Å². The predicted molar refractivity (Wildman–Crippen MR) is 62.9 cm³/mol. The number of nitrogens with zero attached hydrogens (tertiary/aromatic N) is 3. The van der Waals surface area contributed by atoms with Gasteiger partial charge in [-0.25, -0.2) is 0 Å². The Balaban J connectivity index is 1.84. The van der Waals surface area contributed by atoms with Crippen LogP contribution >= 0.6 is 0 Å². The van der Waals surface area contributed by atoms with Gasteiger partial charge in [-0.3, -0.25) is 4.90 Å². The van der Waals surface area contributed by atoms with E-state index in [-0.39, 0.29) is 18.1 Å². The van der Waals surface area contributed by atoms with Gasteiger partial charge < -0.3 is 15.0 Å². The van der Waals surface area contributed by atoms with Gasteiger partial charge in [0.1, 0.15) is 0 Å². The van der Waals surface area contributed by atoms with Crippen molar-refractivity contribution in [2.75, 3.05) is 32.8 Å². The highest BCUT2D eigenvalue weighted by Gasteiger charge is 2.28. The summed E-state index contributed by atoms with van der Waals surface area (Å²) in [5, 5.41) is 3.65. The molecular weight excluding hydrogens is 277 g/mol. The normalized spacial score (nSPS) is 19.2. The van der Waals surface area contributed by atoms with E-state index in [2.05, 4.69) is 15.0 Å². The highest BCUT2D eigenvalue weighted by Crippen LogP contribution is 2.21. The number of morpholine rings is 1. The predicted octanol–water partition coefficient (Wildman–Crippen LogP) is 0.896. The molecular formula is C11H17F3N4O2. The van der Waals surface area contributed by atoms with E-state index in [0.29, 0.717) is 19.8 Å². The summed E-state index contributed by atoms with van der Waals surface area (Å²) in [6, 6.07) is -0.475. The maximum atomic E-state index is 12.1. The van der Waals surface area contributed by atoms with Gasteiger partial charge >= 0.3 is 6.18 Å². The number of aryl methyl sites for hydroxylation is 1. The fraction of sp³-hybridized carbons (Fsp3) is 0.818. The second-order valence-electron chi connectivity index (χ2n) is 4.68. The number of hydrogen-bond acceptors (Lipinski definition) is 6. The smallest absolute Gasteiger partial charge is 0.379 e. The molecule has 1 aliphatic heterocycles. The molecule has 1 unspecified atom stereocenters. The van der Waals surface area contributed by atoms with Crippen LogP contribution in [0.25, 0.3) is 0 Å². The molecule has 0 bridgehead atoms. The van der Waals surface area contributed by atoms with Gasteiger partial charge in [-0.05, 0) is 0 Å². The van der Waals surface area contributed by atoms with E-state index >= 15 is 0 Å². The highest BCUT2D eigenvalue weighted by atomic mass is 19.4. The van der Waals surface area contributed by atoms with E-state index in [0.717, 1.165) is 13.1 Å². The molecule has 2 heterocycles. The van der Waals surface area contributed by atoms with E-state index < -0.39 is 18.6 Å². The van der Waals surface area contributed by atoms with Crippen LogP contribution in [0.5, 0.6) is 0 Å². The molecule has 1 aliphatic rings. The lowest BCUT2D eigenvalue weighted by molar-refractivity contribution is -0.134. The quantitative estimate of drug-likeness (QED) is 0.869. The van der Waals surface area contributed by atoms with Crippen LogP contribution in [0, 0.1) is 0 Å². The van der Waals surface area contributed by atoms with Crippen molar-refractivity contribution < 1.29 is 22.4 Å². The molecule has 1 atom stereocenters. The van der Waals surface area contributed by atoms with Crippen LogP contribution in [0.15, 0.2) is 4.52 Å². The zero-order valence-corrected chi connectivity index (χ0v) is 10.9. The number of nitrogens with two attached hydrogens (primary N) is 1. The molecule has 1 saturated heterocycles. The third-order valence-electron chi connectivity index (χ3n) is 3.00. The van der Waals surface area contributed by atoms with Crippen molar-refractivity contribution in [3.05, 3.63) is 11.7 Å². The maximum Gasteiger partial charge on any atom is 0.389 e. The minimum Gasteiger partial charge on any atom is -0.379 e. The molecule has 0 aliphatic carbocycles. The third kappa shape index (κ3) is 4.73. The summed E-state index contributed by atoms with van der Waals surface area (Å²) >= 11 is 0. The number of rotatable bonds is 5. The van der Waals surface area contributed by atoms with Gasteiger partial charge in [0.25, 0.3) is 0 Å². The standard InChI is InChI=1S/C11H17F3N4O2/c12-11(13,14)2-1-9-16-10(17-20-9)8(15)7-18-3-5-19-6-4-18/h8H,1-7,15H2. The molecule has 6 nitrogen and oxygen atoms in total. The van der Waals surface area contributed by atoms with E-state index in [4.69, 9.17) is 15.0 Å². The first-order chi connectivity index (χ1) is 9.44. The average Bonchev–Trinajstić information content (AvgIpc) is 2.86. The van der Waals surface area contributed by atoms with Crippen molar-refractivity contribution in [2.24, 2.45) is 5.73 Å². The molecule has 0 amide bonds. The summed E-state index contributed by atoms with van der Waals surface area (Å²) in [4.78, 5) is 6.02. The fourth-order valence-corrected chi connectivity index (χ4v) is 1.91. The Hall–Kier alpha value is -1.19. The Morgan fingerprint density at radius 3 is 2.65 bits per heavy atom. The van der Waals surface area contributed by atoms with Crippen LogP contribution < -0.4 is 5.73 Å². The second kappa shape index (κ2) is 6.51. The number of hydrogen-bond donors (Lipinski definition) is 1. The topological polar surface area (TPSA) is 77.4 Å². The first kappa shape index (κ1) is 15.2. The van der Waals surface area contributed by atoms with Crippen LogP contribution in [0.4, 0.5) is 13.2 Å². The maximum absolute atomic E-state index is 12.1. The lowest BCUT2D eigenvalue weighted by Crippen LogP contribution is -2.40. The molecule has 2 rings (SSSR count). The Labute approximate surface area is 114 Å². The van der Waals surface area contributed by atoms with Crippen molar-refractivity contribution in [3.8, 4) is 0 Å². The van der Waals surface area contributed by atoms with Gasteiger partial charge in [-0.15, -0.1) is 0 Å². The molecule has 0 aromatic carbocycles. The molecule has 1 aromatic rings. The molecule has 114 valence electrons. The van der Waals surface area contributed by atoms with Gasteiger partial charge in [0.05, 0.1) is 25.7 Å². The van der Waals surface area contributed by atoms with Crippen molar-refractivity contribution in [2.45, 2.75) is 25.1 Å². The Kier molecular flexibility index (Phi) is 4.95. The van der Waals surface area contributed by atoms with Gasteiger partial charge in [-0.1, -0.05) is 5.16 Å². The van der Waals surface area contributed by atoms with E-state index in [1.807, 2.05) is 0 Å². The molecule has 20 heavy (non-hydrogen) atoms. The van der Waals surface area contributed by atoms with Crippen LogP contribution in [-0.4, -0.2) is 54.1 Å². The van der Waals surface area contributed by atoms with Crippen LogP contribution in [-0.2, 0) is 11.2 Å². The van der Waals surface area contributed by atoms with Crippen molar-refractivity contribution in [1.82, 2.24) is 15.0 Å². The summed E-state index contributed by atoms with van der Waals surface area (Å²) in [6.07, 6.45) is -5.53. The first-order valence-electron chi connectivity index (χ1n) is 6.39. The van der Waals surface area contributed by atoms with Crippen LogP contribution in [0.3, 0.4) is 0 Å². The summed E-state index contributed by atoms with van der Waals surface area (Å²) in [5.41, 5.74) is 5.93. The molecule has 1 aromatic heterocycles. The number of halogens is 3. The zero-order chi connectivity index (χ0) is 14.6. The third-order valence-corrected chi connectivity index (χ3v) is 3.00. The minimum atomic E-state index is -4.23. The summed E-state index contributed by atoms with van der Waals surface area (Å²) in [7, 11) is 0. The Bertz CT molecular complexity index is 418. The number of alkyl halides is 3. The molecule has 0 spiro atoms. The first-order valence-corrected chi connectivity index (χ1v) is 6.39. The summed E-state index contributed by atoms with van der Waals surface area (Å²) in [5.74, 6) is 0.211.